The third kappa shape index (κ3) is 5.25. The molecule has 106 valence electrons. The van der Waals surface area contributed by atoms with Crippen molar-refractivity contribution in [3.05, 3.63) is 0 Å². The average molecular weight is 256 g/mol. The van der Waals surface area contributed by atoms with E-state index in [1.165, 1.54) is 12.8 Å². The van der Waals surface area contributed by atoms with Crippen LogP contribution in [0.4, 0.5) is 4.79 Å². The predicted octanol–water partition coefficient (Wildman–Crippen LogP) is 2.23. The molecular weight excluding hydrogens is 228 g/mol. The number of carbonyl (C=O) groups excluding carboxylic acids is 1. The molecule has 0 aromatic carbocycles. The van der Waals surface area contributed by atoms with Crippen molar-refractivity contribution < 1.29 is 9.90 Å². The number of amides is 2. The fraction of sp³-hybridized carbons (Fsp3) is 0.929. The summed E-state index contributed by atoms with van der Waals surface area (Å²) in [6.45, 7) is 8.47. The molecule has 2 unspecified atom stereocenters. The summed E-state index contributed by atoms with van der Waals surface area (Å²) in [5.74, 6) is 0.989. The van der Waals surface area contributed by atoms with Crippen molar-refractivity contribution in [2.24, 2.45) is 11.8 Å². The summed E-state index contributed by atoms with van der Waals surface area (Å²) in [4.78, 5) is 13.7. The van der Waals surface area contributed by atoms with Crippen molar-refractivity contribution in [3.63, 3.8) is 0 Å². The van der Waals surface area contributed by atoms with Gasteiger partial charge in [0.05, 0.1) is 6.10 Å². The fourth-order valence-electron chi connectivity index (χ4n) is 2.35. The number of unbranched alkanes of at least 4 members (excludes halogenated alkanes) is 1. The number of nitrogens with zero attached hydrogens (tertiary/aromatic N) is 1. The molecule has 0 saturated carbocycles. The lowest BCUT2D eigenvalue weighted by Gasteiger charge is -2.18. The van der Waals surface area contributed by atoms with E-state index >= 15 is 0 Å². The zero-order valence-corrected chi connectivity index (χ0v) is 12.0. The van der Waals surface area contributed by atoms with E-state index in [1.807, 2.05) is 4.90 Å². The van der Waals surface area contributed by atoms with E-state index < -0.39 is 0 Å². The minimum Gasteiger partial charge on any atom is -0.393 e. The molecule has 1 saturated heterocycles. The van der Waals surface area contributed by atoms with Crippen molar-refractivity contribution in [2.45, 2.75) is 52.6 Å². The average Bonchev–Trinajstić information content (AvgIpc) is 2.77. The maximum atomic E-state index is 11.8. The largest absolute Gasteiger partial charge is 0.393 e. The summed E-state index contributed by atoms with van der Waals surface area (Å²) in [5, 5.41) is 12.5. The Morgan fingerprint density at radius 1 is 1.39 bits per heavy atom. The lowest BCUT2D eigenvalue weighted by molar-refractivity contribution is 0.129. The molecule has 4 nitrogen and oxygen atoms in total. The second kappa shape index (κ2) is 7.62. The van der Waals surface area contributed by atoms with Gasteiger partial charge in [0.2, 0.25) is 0 Å². The van der Waals surface area contributed by atoms with Gasteiger partial charge >= 0.3 is 6.03 Å². The van der Waals surface area contributed by atoms with Crippen molar-refractivity contribution in [3.8, 4) is 0 Å². The van der Waals surface area contributed by atoms with Gasteiger partial charge in [0.15, 0.2) is 0 Å². The van der Waals surface area contributed by atoms with Crippen molar-refractivity contribution in [1.29, 1.82) is 0 Å². The smallest absolute Gasteiger partial charge is 0.317 e. The number of nitrogens with one attached hydrogen (secondary N) is 1. The second-order valence-electron chi connectivity index (χ2n) is 5.86. The fourth-order valence-corrected chi connectivity index (χ4v) is 2.35. The molecule has 1 heterocycles. The van der Waals surface area contributed by atoms with E-state index in [4.69, 9.17) is 0 Å². The zero-order chi connectivity index (χ0) is 13.5. The molecule has 0 bridgehead atoms. The Morgan fingerprint density at radius 3 is 2.67 bits per heavy atom. The molecule has 18 heavy (non-hydrogen) atoms. The predicted molar refractivity (Wildman–Crippen MR) is 73.4 cm³/mol. The van der Waals surface area contributed by atoms with Crippen molar-refractivity contribution in [1.82, 2.24) is 10.2 Å². The first kappa shape index (κ1) is 15.3. The summed E-state index contributed by atoms with van der Waals surface area (Å²) in [6, 6.07) is 0.0303. The normalized spacial score (nSPS) is 21.4. The summed E-state index contributed by atoms with van der Waals surface area (Å²) in [7, 11) is 0. The molecule has 0 aromatic rings. The van der Waals surface area contributed by atoms with Crippen molar-refractivity contribution in [2.75, 3.05) is 19.6 Å². The van der Waals surface area contributed by atoms with Crippen molar-refractivity contribution >= 4 is 6.03 Å². The van der Waals surface area contributed by atoms with Crippen LogP contribution < -0.4 is 5.32 Å². The van der Waals surface area contributed by atoms with Gasteiger partial charge in [0, 0.05) is 25.6 Å². The van der Waals surface area contributed by atoms with E-state index in [0.717, 1.165) is 31.8 Å². The summed E-state index contributed by atoms with van der Waals surface area (Å²) >= 11 is 0. The van der Waals surface area contributed by atoms with E-state index in [9.17, 15) is 9.90 Å². The molecule has 4 heteroatoms. The lowest BCUT2D eigenvalue weighted by Crippen LogP contribution is -2.39. The lowest BCUT2D eigenvalue weighted by atomic mass is 10.0. The van der Waals surface area contributed by atoms with E-state index in [0.29, 0.717) is 6.54 Å². The van der Waals surface area contributed by atoms with Gasteiger partial charge in [-0.1, -0.05) is 26.7 Å². The molecular formula is C14H28N2O2. The summed E-state index contributed by atoms with van der Waals surface area (Å²) in [5.41, 5.74) is 0. The Kier molecular flexibility index (Phi) is 6.47. The molecule has 1 aliphatic heterocycles. The highest BCUT2D eigenvalue weighted by atomic mass is 16.3. The number of aliphatic hydroxyl groups is 1. The molecule has 2 N–H and O–H groups in total. The highest BCUT2D eigenvalue weighted by molar-refractivity contribution is 5.74. The third-order valence-electron chi connectivity index (χ3n) is 3.68. The number of aliphatic hydroxyl groups excluding tert-OH is 1. The topological polar surface area (TPSA) is 52.6 Å². The first-order chi connectivity index (χ1) is 8.50. The Morgan fingerprint density at radius 2 is 2.11 bits per heavy atom. The molecule has 1 aliphatic rings. The van der Waals surface area contributed by atoms with Crippen LogP contribution in [0.1, 0.15) is 46.5 Å². The number of hydrogen-bond acceptors (Lipinski definition) is 2. The van der Waals surface area contributed by atoms with Crippen LogP contribution in [0.3, 0.4) is 0 Å². The zero-order valence-electron chi connectivity index (χ0n) is 12.0. The minimum atomic E-state index is -0.311. The van der Waals surface area contributed by atoms with E-state index in [2.05, 4.69) is 19.2 Å². The van der Waals surface area contributed by atoms with Crippen LogP contribution >= 0.6 is 0 Å². The number of rotatable bonds is 6. The van der Waals surface area contributed by atoms with Crippen LogP contribution in [0.5, 0.6) is 0 Å². The van der Waals surface area contributed by atoms with Gasteiger partial charge in [-0.3, -0.25) is 0 Å². The number of carbonyl (C=O) groups is 1. The quantitative estimate of drug-likeness (QED) is 0.716. The van der Waals surface area contributed by atoms with Gasteiger partial charge in [-0.2, -0.15) is 0 Å². The number of urea groups is 1. The SMILES string of the molecule is CC(C)CCCCNC(=O)N1CCC(C(C)O)C1. The molecule has 1 fully saturated rings. The Labute approximate surface area is 111 Å². The van der Waals surface area contributed by atoms with Crippen LogP contribution in [0.2, 0.25) is 0 Å². The van der Waals surface area contributed by atoms with E-state index in [1.54, 1.807) is 6.92 Å². The Balaban J connectivity index is 2.11. The van der Waals surface area contributed by atoms with Crippen LogP contribution in [0, 0.1) is 11.8 Å². The first-order valence-corrected chi connectivity index (χ1v) is 7.21. The molecule has 1 rings (SSSR count). The van der Waals surface area contributed by atoms with Crippen LogP contribution in [0.15, 0.2) is 0 Å². The van der Waals surface area contributed by atoms with E-state index in [-0.39, 0.29) is 18.1 Å². The molecule has 0 spiro atoms. The summed E-state index contributed by atoms with van der Waals surface area (Å²) < 4.78 is 0. The van der Waals surface area contributed by atoms with Crippen LogP contribution in [-0.4, -0.2) is 41.8 Å². The Hall–Kier alpha value is -0.770. The molecule has 2 amide bonds. The highest BCUT2D eigenvalue weighted by Crippen LogP contribution is 2.19. The number of likely N-dealkylation sites (tertiary alicyclic amines) is 1. The van der Waals surface area contributed by atoms with Gasteiger partial charge in [-0.15, -0.1) is 0 Å². The van der Waals surface area contributed by atoms with Gasteiger partial charge < -0.3 is 15.3 Å². The monoisotopic (exact) mass is 256 g/mol. The van der Waals surface area contributed by atoms with Crippen LogP contribution in [-0.2, 0) is 0 Å². The van der Waals surface area contributed by atoms with Gasteiger partial charge in [-0.05, 0) is 25.7 Å². The van der Waals surface area contributed by atoms with Crippen LogP contribution in [0.25, 0.3) is 0 Å². The minimum absolute atomic E-state index is 0.0303. The number of hydrogen-bond donors (Lipinski definition) is 2. The molecule has 0 radical (unpaired) electrons. The Bertz CT molecular complexity index is 254. The first-order valence-electron chi connectivity index (χ1n) is 7.21. The maximum absolute atomic E-state index is 11.8. The second-order valence-corrected chi connectivity index (χ2v) is 5.86. The maximum Gasteiger partial charge on any atom is 0.317 e. The van der Waals surface area contributed by atoms with Gasteiger partial charge in [0.1, 0.15) is 0 Å². The standard InChI is InChI=1S/C14H28N2O2/c1-11(2)6-4-5-8-15-14(18)16-9-7-13(10-16)12(3)17/h11-13,17H,4-10H2,1-3H3,(H,15,18). The molecule has 0 aromatic heterocycles. The molecule has 2 atom stereocenters. The van der Waals surface area contributed by atoms with Gasteiger partial charge in [0.25, 0.3) is 0 Å². The van der Waals surface area contributed by atoms with Gasteiger partial charge in [-0.25, -0.2) is 4.79 Å². The highest BCUT2D eigenvalue weighted by Gasteiger charge is 2.28. The molecule has 0 aliphatic carbocycles. The summed E-state index contributed by atoms with van der Waals surface area (Å²) in [6.07, 6.45) is 4.06. The third-order valence-corrected chi connectivity index (χ3v) is 3.68.